The molecule has 0 aromatic rings. The zero-order valence-electron chi connectivity index (χ0n) is 6.97. The zero-order valence-corrected chi connectivity index (χ0v) is 7.87. The van der Waals surface area contributed by atoms with Crippen molar-refractivity contribution < 1.29 is 0 Å². The summed E-state index contributed by atoms with van der Waals surface area (Å²) in [6.07, 6.45) is 0. The topological polar surface area (TPSA) is 3.24 Å². The van der Waals surface area contributed by atoms with Crippen molar-refractivity contribution in [3.63, 3.8) is 0 Å². The fourth-order valence-electron chi connectivity index (χ4n) is 0.775. The van der Waals surface area contributed by atoms with Gasteiger partial charge in [-0.2, -0.15) is 0 Å². The lowest BCUT2D eigenvalue weighted by Gasteiger charge is -2.33. The van der Waals surface area contributed by atoms with Crippen LogP contribution < -0.4 is 0 Å². The van der Waals surface area contributed by atoms with Gasteiger partial charge in [-0.15, -0.1) is 0 Å². The second kappa shape index (κ2) is 2.93. The van der Waals surface area contributed by atoms with Gasteiger partial charge in [0.15, 0.2) is 0 Å². The van der Waals surface area contributed by atoms with Crippen LogP contribution in [0.2, 0.25) is 0 Å². The lowest BCUT2D eigenvalue weighted by atomic mass is 10.1. The molecule has 0 unspecified atom stereocenters. The van der Waals surface area contributed by atoms with E-state index in [4.69, 9.17) is 0 Å². The van der Waals surface area contributed by atoms with Gasteiger partial charge in [-0.25, -0.2) is 4.31 Å². The Hall–Kier alpha value is 0.310. The first-order valence-electron chi connectivity index (χ1n) is 3.34. The van der Waals surface area contributed by atoms with Crippen molar-refractivity contribution in [3.05, 3.63) is 0 Å². The average molecular weight is 147 g/mol. The normalized spacial score (nSPS) is 13.3. The molecule has 0 bridgehead atoms. The summed E-state index contributed by atoms with van der Waals surface area (Å²) in [6, 6.07) is 0.508. The average Bonchev–Trinajstić information content (AvgIpc) is 1.62. The number of rotatable bonds is 1. The minimum atomic E-state index is 0.178. The van der Waals surface area contributed by atoms with Gasteiger partial charge in [0, 0.05) is 11.6 Å². The van der Waals surface area contributed by atoms with Crippen molar-refractivity contribution in [2.45, 2.75) is 46.2 Å². The fraction of sp³-hybridized carbons (Fsp3) is 1.00. The van der Waals surface area contributed by atoms with E-state index in [2.05, 4.69) is 47.4 Å². The Labute approximate surface area is 64.0 Å². The molecule has 0 N–H and O–H groups in total. The Kier molecular flexibility index (Phi) is 3.03. The highest BCUT2D eigenvalue weighted by Crippen LogP contribution is 2.18. The summed E-state index contributed by atoms with van der Waals surface area (Å²) in [4.78, 5) is 0. The molecule has 0 amide bonds. The Balaban J connectivity index is 3.88. The third-order valence-corrected chi connectivity index (χ3v) is 2.24. The summed E-state index contributed by atoms with van der Waals surface area (Å²) in [5.74, 6) is 0. The van der Waals surface area contributed by atoms with Crippen LogP contribution in [-0.4, -0.2) is 15.9 Å². The molecule has 56 valence electrons. The minimum absolute atomic E-state index is 0.178. The predicted octanol–water partition coefficient (Wildman–Crippen LogP) is 2.34. The summed E-state index contributed by atoms with van der Waals surface area (Å²) < 4.78 is 2.05. The highest BCUT2D eigenvalue weighted by Gasteiger charge is 2.19. The fourth-order valence-corrected chi connectivity index (χ4v) is 0.775. The summed E-state index contributed by atoms with van der Waals surface area (Å²) in [5, 5.41) is 0. The molecule has 0 rings (SSSR count). The molecule has 0 spiro atoms. The highest BCUT2D eigenvalue weighted by atomic mass is 32.1. The van der Waals surface area contributed by atoms with Crippen LogP contribution in [0.15, 0.2) is 0 Å². The van der Waals surface area contributed by atoms with Crippen LogP contribution >= 0.6 is 12.8 Å². The quantitative estimate of drug-likeness (QED) is 0.557. The number of nitrogens with zero attached hydrogens (tertiary/aromatic N) is 1. The van der Waals surface area contributed by atoms with Crippen LogP contribution in [0.1, 0.15) is 34.6 Å². The van der Waals surface area contributed by atoms with E-state index in [9.17, 15) is 0 Å². The second-order valence-corrected chi connectivity index (χ2v) is 4.04. The van der Waals surface area contributed by atoms with Crippen molar-refractivity contribution in [1.29, 1.82) is 0 Å². The van der Waals surface area contributed by atoms with E-state index in [1.807, 2.05) is 4.31 Å². The Bertz CT molecular complexity index is 83.4. The number of hydrogen-bond acceptors (Lipinski definition) is 2. The Morgan fingerprint density at radius 3 is 1.56 bits per heavy atom. The Morgan fingerprint density at radius 1 is 1.22 bits per heavy atom. The standard InChI is InChI=1S/C7H17NS/c1-6(2)8(9)7(3,4)5/h6,9H,1-5H3. The van der Waals surface area contributed by atoms with Gasteiger partial charge in [0.2, 0.25) is 0 Å². The molecule has 0 atom stereocenters. The van der Waals surface area contributed by atoms with E-state index >= 15 is 0 Å². The van der Waals surface area contributed by atoms with E-state index < -0.39 is 0 Å². The molecule has 0 heterocycles. The van der Waals surface area contributed by atoms with Gasteiger partial charge in [0.25, 0.3) is 0 Å². The molecule has 0 aromatic carbocycles. The third-order valence-electron chi connectivity index (χ3n) is 1.18. The molecule has 0 aliphatic heterocycles. The maximum absolute atomic E-state index is 4.34. The first kappa shape index (κ1) is 9.31. The van der Waals surface area contributed by atoms with Gasteiger partial charge in [0.1, 0.15) is 0 Å². The molecular weight excluding hydrogens is 130 g/mol. The van der Waals surface area contributed by atoms with Crippen LogP contribution in [0, 0.1) is 0 Å². The maximum atomic E-state index is 4.34. The van der Waals surface area contributed by atoms with Gasteiger partial charge < -0.3 is 0 Å². The smallest absolute Gasteiger partial charge is 0.0229 e. The van der Waals surface area contributed by atoms with Gasteiger partial charge in [-0.05, 0) is 34.6 Å². The SMILES string of the molecule is CC(C)N(S)C(C)(C)C. The largest absolute Gasteiger partial charge is 0.245 e. The first-order chi connectivity index (χ1) is 3.85. The molecule has 9 heavy (non-hydrogen) atoms. The summed E-state index contributed by atoms with van der Waals surface area (Å²) in [5.41, 5.74) is 0.178. The molecule has 0 aliphatic carbocycles. The molecular formula is C7H17NS. The van der Waals surface area contributed by atoms with Crippen molar-refractivity contribution in [1.82, 2.24) is 4.31 Å². The lowest BCUT2D eigenvalue weighted by molar-refractivity contribution is 0.235. The monoisotopic (exact) mass is 147 g/mol. The molecule has 0 aliphatic rings. The first-order valence-corrected chi connectivity index (χ1v) is 3.74. The van der Waals surface area contributed by atoms with Crippen LogP contribution in [0.5, 0.6) is 0 Å². The molecule has 1 nitrogen and oxygen atoms in total. The van der Waals surface area contributed by atoms with Crippen LogP contribution in [-0.2, 0) is 0 Å². The summed E-state index contributed by atoms with van der Waals surface area (Å²) in [6.45, 7) is 10.7. The van der Waals surface area contributed by atoms with Crippen LogP contribution in [0.3, 0.4) is 0 Å². The lowest BCUT2D eigenvalue weighted by Crippen LogP contribution is -2.38. The number of hydrogen-bond donors (Lipinski definition) is 1. The third kappa shape index (κ3) is 3.11. The van der Waals surface area contributed by atoms with Crippen LogP contribution in [0.25, 0.3) is 0 Å². The van der Waals surface area contributed by atoms with Crippen LogP contribution in [0.4, 0.5) is 0 Å². The van der Waals surface area contributed by atoms with Crippen molar-refractivity contribution in [2.75, 3.05) is 0 Å². The van der Waals surface area contributed by atoms with Crippen molar-refractivity contribution in [2.24, 2.45) is 0 Å². The van der Waals surface area contributed by atoms with E-state index in [0.29, 0.717) is 6.04 Å². The molecule has 2 heteroatoms. The number of thiol groups is 1. The van der Waals surface area contributed by atoms with Gasteiger partial charge >= 0.3 is 0 Å². The van der Waals surface area contributed by atoms with Gasteiger partial charge in [-0.1, -0.05) is 12.8 Å². The molecule has 0 aromatic heterocycles. The second-order valence-electron chi connectivity index (χ2n) is 3.61. The van der Waals surface area contributed by atoms with E-state index in [0.717, 1.165) is 0 Å². The molecule has 0 saturated heterocycles. The summed E-state index contributed by atoms with van der Waals surface area (Å²) in [7, 11) is 0. The highest BCUT2D eigenvalue weighted by molar-refractivity contribution is 7.77. The predicted molar refractivity (Wildman–Crippen MR) is 45.7 cm³/mol. The Morgan fingerprint density at radius 2 is 1.56 bits per heavy atom. The van der Waals surface area contributed by atoms with E-state index in [1.54, 1.807) is 0 Å². The van der Waals surface area contributed by atoms with Crippen molar-refractivity contribution in [3.8, 4) is 0 Å². The molecule has 0 radical (unpaired) electrons. The maximum Gasteiger partial charge on any atom is 0.0229 e. The van der Waals surface area contributed by atoms with E-state index in [-0.39, 0.29) is 5.54 Å². The molecule has 0 saturated carbocycles. The van der Waals surface area contributed by atoms with Crippen molar-refractivity contribution >= 4 is 12.8 Å². The summed E-state index contributed by atoms with van der Waals surface area (Å²) >= 11 is 4.34. The molecule has 0 fully saturated rings. The van der Waals surface area contributed by atoms with E-state index in [1.165, 1.54) is 0 Å². The zero-order chi connectivity index (χ0) is 7.65. The minimum Gasteiger partial charge on any atom is -0.245 e. The van der Waals surface area contributed by atoms with Gasteiger partial charge in [-0.3, -0.25) is 0 Å². The van der Waals surface area contributed by atoms with Gasteiger partial charge in [0.05, 0.1) is 0 Å².